The molecular weight excluding hydrogens is 394 g/mol. The van der Waals surface area contributed by atoms with Crippen molar-refractivity contribution in [2.45, 2.75) is 31.0 Å². The topological polar surface area (TPSA) is 106 Å². The van der Waals surface area contributed by atoms with Crippen LogP contribution in [0.5, 0.6) is 0 Å². The maximum atomic E-state index is 13.1. The number of carbonyl (C=O) groups is 1. The largest absolute Gasteiger partial charge is 0.373 e. The van der Waals surface area contributed by atoms with E-state index in [-0.39, 0.29) is 35.8 Å². The summed E-state index contributed by atoms with van der Waals surface area (Å²) in [5.74, 6) is 0.00264. The van der Waals surface area contributed by atoms with Crippen molar-refractivity contribution in [3.05, 3.63) is 54.4 Å². The standard InChI is InChI=1S/C19H21N5O4S/c1-13-11-23(12-14(2)28-13)29(26,27)16-5-3-4-15(10-16)19(25)22-18-6-8-20-17-7-9-21-24(17)18/h3-10,13-14H,11-12H2,1-2H3,(H,22,25). The molecule has 152 valence electrons. The monoisotopic (exact) mass is 415 g/mol. The van der Waals surface area contributed by atoms with Crippen LogP contribution in [0.2, 0.25) is 0 Å². The number of morpholine rings is 1. The Morgan fingerprint density at radius 3 is 2.66 bits per heavy atom. The van der Waals surface area contributed by atoms with Gasteiger partial charge in [-0.2, -0.15) is 13.9 Å². The molecule has 1 aliphatic heterocycles. The maximum Gasteiger partial charge on any atom is 0.256 e. The minimum absolute atomic E-state index is 0.0745. The molecule has 2 aromatic heterocycles. The summed E-state index contributed by atoms with van der Waals surface area (Å²) < 4.78 is 34.7. The molecular formula is C19H21N5O4S. The summed E-state index contributed by atoms with van der Waals surface area (Å²) in [6, 6.07) is 9.35. The van der Waals surface area contributed by atoms with Crippen LogP contribution in [0.4, 0.5) is 5.82 Å². The van der Waals surface area contributed by atoms with Crippen molar-refractivity contribution in [1.29, 1.82) is 0 Å². The minimum atomic E-state index is -3.74. The molecule has 9 nitrogen and oxygen atoms in total. The number of hydrogen-bond acceptors (Lipinski definition) is 6. The van der Waals surface area contributed by atoms with Crippen molar-refractivity contribution in [2.75, 3.05) is 18.4 Å². The second-order valence-electron chi connectivity index (χ2n) is 6.99. The molecule has 1 N–H and O–H groups in total. The lowest BCUT2D eigenvalue weighted by molar-refractivity contribution is -0.0440. The van der Waals surface area contributed by atoms with Gasteiger partial charge in [-0.15, -0.1) is 0 Å². The number of aromatic nitrogens is 3. The van der Waals surface area contributed by atoms with Crippen LogP contribution in [-0.2, 0) is 14.8 Å². The molecule has 29 heavy (non-hydrogen) atoms. The first-order chi connectivity index (χ1) is 13.8. The number of anilines is 1. The number of benzene rings is 1. The predicted octanol–water partition coefficient (Wildman–Crippen LogP) is 1.78. The lowest BCUT2D eigenvalue weighted by atomic mass is 10.2. The molecule has 1 amide bonds. The Kier molecular flexibility index (Phi) is 5.07. The first-order valence-electron chi connectivity index (χ1n) is 9.20. The maximum absolute atomic E-state index is 13.1. The van der Waals surface area contributed by atoms with Crippen molar-refractivity contribution in [3.63, 3.8) is 0 Å². The van der Waals surface area contributed by atoms with Gasteiger partial charge in [-0.25, -0.2) is 13.4 Å². The molecule has 3 aromatic rings. The van der Waals surface area contributed by atoms with E-state index in [2.05, 4.69) is 15.4 Å². The lowest BCUT2D eigenvalue weighted by Crippen LogP contribution is -2.48. The molecule has 2 unspecified atom stereocenters. The molecule has 1 fully saturated rings. The van der Waals surface area contributed by atoms with Crippen LogP contribution in [0.25, 0.3) is 5.65 Å². The van der Waals surface area contributed by atoms with Crippen molar-refractivity contribution < 1.29 is 17.9 Å². The van der Waals surface area contributed by atoms with E-state index in [1.807, 2.05) is 13.8 Å². The summed E-state index contributed by atoms with van der Waals surface area (Å²) in [4.78, 5) is 17.0. The fourth-order valence-corrected chi connectivity index (χ4v) is 5.03. The molecule has 0 radical (unpaired) electrons. The van der Waals surface area contributed by atoms with E-state index < -0.39 is 15.9 Å². The summed E-state index contributed by atoms with van der Waals surface area (Å²) in [6.45, 7) is 4.23. The van der Waals surface area contributed by atoms with Crippen LogP contribution in [0.1, 0.15) is 24.2 Å². The summed E-state index contributed by atoms with van der Waals surface area (Å²) in [5.41, 5.74) is 0.826. The number of hydrogen-bond donors (Lipinski definition) is 1. The fourth-order valence-electron chi connectivity index (χ4n) is 3.39. The third-order valence-electron chi connectivity index (χ3n) is 4.65. The number of carbonyl (C=O) groups excluding carboxylic acids is 1. The van der Waals surface area contributed by atoms with Crippen LogP contribution in [0.3, 0.4) is 0 Å². The number of nitrogens with one attached hydrogen (secondary N) is 1. The molecule has 10 heteroatoms. The molecule has 2 atom stereocenters. The predicted molar refractivity (Wildman–Crippen MR) is 106 cm³/mol. The third-order valence-corrected chi connectivity index (χ3v) is 6.48. The molecule has 0 bridgehead atoms. The average molecular weight is 415 g/mol. The van der Waals surface area contributed by atoms with E-state index in [1.54, 1.807) is 36.7 Å². The third kappa shape index (κ3) is 3.86. The first-order valence-corrected chi connectivity index (χ1v) is 10.6. The number of amides is 1. The van der Waals surface area contributed by atoms with Gasteiger partial charge in [0.1, 0.15) is 5.82 Å². The van der Waals surface area contributed by atoms with E-state index in [9.17, 15) is 13.2 Å². The Labute approximate surface area is 168 Å². The molecule has 1 aliphatic rings. The van der Waals surface area contributed by atoms with Crippen molar-refractivity contribution >= 4 is 27.4 Å². The van der Waals surface area contributed by atoms with Crippen LogP contribution >= 0.6 is 0 Å². The Balaban J connectivity index is 1.60. The molecule has 0 spiro atoms. The Morgan fingerprint density at radius 2 is 1.90 bits per heavy atom. The SMILES string of the molecule is CC1CN(S(=O)(=O)c2cccc(C(=O)Nc3ccnc4ccnn34)c2)CC(C)O1. The van der Waals surface area contributed by atoms with Crippen LogP contribution < -0.4 is 5.32 Å². The minimum Gasteiger partial charge on any atom is -0.373 e. The Hall–Kier alpha value is -2.82. The summed E-state index contributed by atoms with van der Waals surface area (Å²) in [5, 5.41) is 6.88. The molecule has 1 saturated heterocycles. The zero-order valence-electron chi connectivity index (χ0n) is 16.0. The quantitative estimate of drug-likeness (QED) is 0.696. The Bertz CT molecular complexity index is 1150. The highest BCUT2D eigenvalue weighted by Gasteiger charge is 2.32. The lowest BCUT2D eigenvalue weighted by Gasteiger charge is -2.34. The van der Waals surface area contributed by atoms with Gasteiger partial charge in [0.25, 0.3) is 5.91 Å². The van der Waals surface area contributed by atoms with Crippen molar-refractivity contribution in [2.24, 2.45) is 0 Å². The van der Waals surface area contributed by atoms with Gasteiger partial charge >= 0.3 is 0 Å². The van der Waals surface area contributed by atoms with Crippen LogP contribution in [0.15, 0.2) is 53.7 Å². The fraction of sp³-hybridized carbons (Fsp3) is 0.316. The van der Waals surface area contributed by atoms with Gasteiger partial charge in [-0.1, -0.05) is 6.07 Å². The van der Waals surface area contributed by atoms with Gasteiger partial charge in [-0.3, -0.25) is 4.79 Å². The molecule has 0 aliphatic carbocycles. The normalized spacial score (nSPS) is 20.6. The summed E-state index contributed by atoms with van der Waals surface area (Å²) in [6.07, 6.45) is 2.76. The van der Waals surface area contributed by atoms with E-state index in [1.165, 1.54) is 21.0 Å². The van der Waals surface area contributed by atoms with Gasteiger partial charge in [0.2, 0.25) is 10.0 Å². The van der Waals surface area contributed by atoms with Crippen molar-refractivity contribution in [3.8, 4) is 0 Å². The molecule has 3 heterocycles. The van der Waals surface area contributed by atoms with E-state index in [4.69, 9.17) is 4.74 Å². The number of fused-ring (bicyclic) bond motifs is 1. The van der Waals surface area contributed by atoms with Gasteiger partial charge in [0, 0.05) is 30.9 Å². The highest BCUT2D eigenvalue weighted by molar-refractivity contribution is 7.89. The summed E-state index contributed by atoms with van der Waals surface area (Å²) in [7, 11) is -3.74. The number of sulfonamides is 1. The highest BCUT2D eigenvalue weighted by atomic mass is 32.2. The number of nitrogens with zero attached hydrogens (tertiary/aromatic N) is 4. The average Bonchev–Trinajstić information content (AvgIpc) is 3.17. The molecule has 1 aromatic carbocycles. The zero-order valence-corrected chi connectivity index (χ0v) is 16.8. The zero-order chi connectivity index (χ0) is 20.6. The second kappa shape index (κ2) is 7.54. The van der Waals surface area contributed by atoms with Gasteiger partial charge in [-0.05, 0) is 38.1 Å². The van der Waals surface area contributed by atoms with Crippen LogP contribution in [0, 0.1) is 0 Å². The number of ether oxygens (including phenoxy) is 1. The Morgan fingerprint density at radius 1 is 1.14 bits per heavy atom. The van der Waals surface area contributed by atoms with Crippen LogP contribution in [-0.4, -0.2) is 58.5 Å². The van der Waals surface area contributed by atoms with Gasteiger partial charge in [0.15, 0.2) is 5.65 Å². The van der Waals surface area contributed by atoms with E-state index >= 15 is 0 Å². The van der Waals surface area contributed by atoms with Gasteiger partial charge < -0.3 is 10.1 Å². The van der Waals surface area contributed by atoms with E-state index in [0.29, 0.717) is 11.5 Å². The van der Waals surface area contributed by atoms with Gasteiger partial charge in [0.05, 0.1) is 23.3 Å². The first kappa shape index (κ1) is 19.5. The second-order valence-corrected chi connectivity index (χ2v) is 8.93. The summed E-state index contributed by atoms with van der Waals surface area (Å²) >= 11 is 0. The molecule has 0 saturated carbocycles. The van der Waals surface area contributed by atoms with E-state index in [0.717, 1.165) is 0 Å². The number of rotatable bonds is 4. The smallest absolute Gasteiger partial charge is 0.256 e. The highest BCUT2D eigenvalue weighted by Crippen LogP contribution is 2.22. The molecule has 4 rings (SSSR count). The van der Waals surface area contributed by atoms with Crippen molar-refractivity contribution in [1.82, 2.24) is 18.9 Å².